The first-order valence-corrected chi connectivity index (χ1v) is 7.72. The number of aliphatic carboxylic acids is 1. The van der Waals surface area contributed by atoms with Gasteiger partial charge in [-0.1, -0.05) is 22.0 Å². The van der Waals surface area contributed by atoms with Gasteiger partial charge in [0.05, 0.1) is 5.92 Å². The first kappa shape index (κ1) is 13.1. The third-order valence-corrected chi connectivity index (χ3v) is 5.02. The number of hydrogen-bond donors (Lipinski definition) is 2. The van der Waals surface area contributed by atoms with Crippen molar-refractivity contribution in [3.63, 3.8) is 0 Å². The highest BCUT2D eigenvalue weighted by atomic mass is 79.9. The summed E-state index contributed by atoms with van der Waals surface area (Å²) in [5, 5.41) is 12.4. The Morgan fingerprint density at radius 1 is 1.32 bits per heavy atom. The van der Waals surface area contributed by atoms with Crippen LogP contribution in [0.4, 0.5) is 0 Å². The summed E-state index contributed by atoms with van der Waals surface area (Å²) < 4.78 is 1.19. The second-order valence-corrected chi connectivity index (χ2v) is 6.43. The Morgan fingerprint density at radius 3 is 2.84 bits per heavy atom. The molecule has 2 aliphatic rings. The van der Waals surface area contributed by atoms with Gasteiger partial charge in [0, 0.05) is 17.1 Å². The lowest BCUT2D eigenvalue weighted by Gasteiger charge is -2.21. The standard InChI is InChI=1S/C15H18BrNO2/c16-13-6-10(5-9-3-1-2-4-12(9)13)14-7-11(8-17-14)15(18)19/h5-6,11,14,17H,1-4,7-8H2,(H,18,19). The lowest BCUT2D eigenvalue weighted by atomic mass is 9.88. The van der Waals surface area contributed by atoms with E-state index < -0.39 is 5.97 Å². The average molecular weight is 324 g/mol. The number of fused-ring (bicyclic) bond motifs is 1. The predicted octanol–water partition coefficient (Wildman–Crippen LogP) is 3.06. The van der Waals surface area contributed by atoms with E-state index in [0.29, 0.717) is 13.0 Å². The van der Waals surface area contributed by atoms with Crippen molar-refractivity contribution in [3.8, 4) is 0 Å². The molecule has 0 bridgehead atoms. The smallest absolute Gasteiger partial charge is 0.307 e. The highest BCUT2D eigenvalue weighted by Crippen LogP contribution is 2.34. The van der Waals surface area contributed by atoms with Gasteiger partial charge in [0.1, 0.15) is 0 Å². The maximum absolute atomic E-state index is 11.0. The number of carboxylic acid groups (broad SMARTS) is 1. The second-order valence-electron chi connectivity index (χ2n) is 5.58. The van der Waals surface area contributed by atoms with Crippen LogP contribution in [0, 0.1) is 5.92 Å². The first-order valence-electron chi connectivity index (χ1n) is 6.92. The largest absolute Gasteiger partial charge is 0.481 e. The molecule has 0 amide bonds. The van der Waals surface area contributed by atoms with Crippen LogP contribution >= 0.6 is 15.9 Å². The van der Waals surface area contributed by atoms with Crippen molar-refractivity contribution >= 4 is 21.9 Å². The molecule has 2 N–H and O–H groups in total. The van der Waals surface area contributed by atoms with E-state index in [2.05, 4.69) is 33.4 Å². The van der Waals surface area contributed by atoms with Crippen LogP contribution in [-0.4, -0.2) is 17.6 Å². The van der Waals surface area contributed by atoms with Gasteiger partial charge in [0.2, 0.25) is 0 Å². The number of rotatable bonds is 2. The highest BCUT2D eigenvalue weighted by molar-refractivity contribution is 9.10. The van der Waals surface area contributed by atoms with E-state index in [0.717, 1.165) is 12.8 Å². The van der Waals surface area contributed by atoms with Crippen LogP contribution in [0.1, 0.15) is 42.0 Å². The molecule has 102 valence electrons. The van der Waals surface area contributed by atoms with Crippen LogP contribution in [0.2, 0.25) is 0 Å². The van der Waals surface area contributed by atoms with Crippen LogP contribution in [-0.2, 0) is 17.6 Å². The Bertz CT molecular complexity index is 515. The van der Waals surface area contributed by atoms with E-state index >= 15 is 0 Å². The fourth-order valence-corrected chi connectivity index (χ4v) is 3.93. The summed E-state index contributed by atoms with van der Waals surface area (Å²) in [6.07, 6.45) is 5.54. The summed E-state index contributed by atoms with van der Waals surface area (Å²) >= 11 is 3.68. The fraction of sp³-hybridized carbons (Fsp3) is 0.533. The molecule has 0 radical (unpaired) electrons. The molecule has 2 unspecified atom stereocenters. The molecule has 4 heteroatoms. The van der Waals surface area contributed by atoms with Crippen LogP contribution in [0.25, 0.3) is 0 Å². The van der Waals surface area contributed by atoms with Crippen LogP contribution in [0.5, 0.6) is 0 Å². The van der Waals surface area contributed by atoms with Crippen molar-refractivity contribution < 1.29 is 9.90 Å². The first-order chi connectivity index (χ1) is 9.15. The van der Waals surface area contributed by atoms with Crippen molar-refractivity contribution in [3.05, 3.63) is 33.3 Å². The summed E-state index contributed by atoms with van der Waals surface area (Å²) in [4.78, 5) is 11.0. The number of carbonyl (C=O) groups is 1. The van der Waals surface area contributed by atoms with E-state index in [1.54, 1.807) is 0 Å². The molecule has 0 aromatic heterocycles. The van der Waals surface area contributed by atoms with Gasteiger partial charge in [0.25, 0.3) is 0 Å². The summed E-state index contributed by atoms with van der Waals surface area (Å²) in [5.41, 5.74) is 4.12. The minimum atomic E-state index is -0.688. The third-order valence-electron chi connectivity index (χ3n) is 4.32. The minimum Gasteiger partial charge on any atom is -0.481 e. The second kappa shape index (κ2) is 5.25. The van der Waals surface area contributed by atoms with E-state index in [9.17, 15) is 4.79 Å². The molecule has 1 aliphatic heterocycles. The molecule has 3 rings (SSSR count). The number of nitrogens with one attached hydrogen (secondary N) is 1. The molecule has 1 aliphatic carbocycles. The number of carboxylic acids is 1. The lowest BCUT2D eigenvalue weighted by Crippen LogP contribution is -2.17. The number of hydrogen-bond acceptors (Lipinski definition) is 2. The Morgan fingerprint density at radius 2 is 2.11 bits per heavy atom. The van der Waals surface area contributed by atoms with Crippen molar-refractivity contribution in [2.24, 2.45) is 5.92 Å². The maximum Gasteiger partial charge on any atom is 0.307 e. The quantitative estimate of drug-likeness (QED) is 0.879. The van der Waals surface area contributed by atoms with E-state index in [1.807, 2.05) is 0 Å². The van der Waals surface area contributed by atoms with Gasteiger partial charge >= 0.3 is 5.97 Å². The monoisotopic (exact) mass is 323 g/mol. The molecule has 19 heavy (non-hydrogen) atoms. The van der Waals surface area contributed by atoms with Crippen molar-refractivity contribution in [1.82, 2.24) is 5.32 Å². The van der Waals surface area contributed by atoms with Gasteiger partial charge in [-0.2, -0.15) is 0 Å². The molecule has 2 atom stereocenters. The van der Waals surface area contributed by atoms with Crippen LogP contribution in [0.15, 0.2) is 16.6 Å². The highest BCUT2D eigenvalue weighted by Gasteiger charge is 2.30. The van der Waals surface area contributed by atoms with E-state index in [-0.39, 0.29) is 12.0 Å². The summed E-state index contributed by atoms with van der Waals surface area (Å²) in [6, 6.07) is 4.64. The normalized spacial score (nSPS) is 26.2. The van der Waals surface area contributed by atoms with Gasteiger partial charge in [-0.3, -0.25) is 4.79 Å². The van der Waals surface area contributed by atoms with Gasteiger partial charge in [-0.25, -0.2) is 0 Å². The molecule has 1 heterocycles. The molecule has 1 saturated heterocycles. The Hall–Kier alpha value is -0.870. The topological polar surface area (TPSA) is 49.3 Å². The maximum atomic E-state index is 11.0. The molecule has 3 nitrogen and oxygen atoms in total. The minimum absolute atomic E-state index is 0.185. The zero-order valence-corrected chi connectivity index (χ0v) is 12.4. The van der Waals surface area contributed by atoms with E-state index in [1.165, 1.54) is 34.0 Å². The SMILES string of the molecule is O=C(O)C1CNC(c2cc(Br)c3c(c2)CCCC3)C1. The summed E-state index contributed by atoms with van der Waals surface area (Å²) in [5.74, 6) is -0.938. The number of halogens is 1. The fourth-order valence-electron chi connectivity index (χ4n) is 3.22. The van der Waals surface area contributed by atoms with E-state index in [4.69, 9.17) is 5.11 Å². The summed E-state index contributed by atoms with van der Waals surface area (Å²) in [7, 11) is 0. The lowest BCUT2D eigenvalue weighted by molar-refractivity contribution is -0.141. The molecular formula is C15H18BrNO2. The Kier molecular flexibility index (Phi) is 3.63. The van der Waals surface area contributed by atoms with Gasteiger partial charge < -0.3 is 10.4 Å². The Labute approximate surface area is 121 Å². The molecule has 1 aromatic rings. The molecule has 0 spiro atoms. The average Bonchev–Trinajstić information content (AvgIpc) is 2.88. The number of benzene rings is 1. The van der Waals surface area contributed by atoms with Crippen LogP contribution < -0.4 is 5.32 Å². The van der Waals surface area contributed by atoms with Crippen LogP contribution in [0.3, 0.4) is 0 Å². The number of aryl methyl sites for hydroxylation is 1. The van der Waals surface area contributed by atoms with Gasteiger partial charge in [-0.05, 0) is 54.9 Å². The third kappa shape index (κ3) is 2.56. The molecular weight excluding hydrogens is 306 g/mol. The van der Waals surface area contributed by atoms with Crippen molar-refractivity contribution in [2.75, 3.05) is 6.54 Å². The van der Waals surface area contributed by atoms with Gasteiger partial charge in [-0.15, -0.1) is 0 Å². The van der Waals surface area contributed by atoms with Crippen molar-refractivity contribution in [1.29, 1.82) is 0 Å². The summed E-state index contributed by atoms with van der Waals surface area (Å²) in [6.45, 7) is 0.578. The molecule has 1 fully saturated rings. The zero-order chi connectivity index (χ0) is 13.4. The van der Waals surface area contributed by atoms with Crippen molar-refractivity contribution in [2.45, 2.75) is 38.1 Å². The van der Waals surface area contributed by atoms with Gasteiger partial charge in [0.15, 0.2) is 0 Å². The molecule has 1 aromatic carbocycles. The molecule has 0 saturated carbocycles. The predicted molar refractivity (Wildman–Crippen MR) is 77.3 cm³/mol. The Balaban J connectivity index is 1.86. The zero-order valence-electron chi connectivity index (χ0n) is 10.8.